The number of rotatable bonds is 7. The first-order valence-electron chi connectivity index (χ1n) is 11.5. The van der Waals surface area contributed by atoms with E-state index in [1.54, 1.807) is 40.0 Å². The van der Waals surface area contributed by atoms with E-state index < -0.39 is 18.5 Å². The molecule has 2 amide bonds. The average molecular weight is 464 g/mol. The van der Waals surface area contributed by atoms with Crippen molar-refractivity contribution >= 4 is 40.2 Å². The molecule has 34 heavy (non-hydrogen) atoms. The minimum atomic E-state index is -0.607. The number of fused-ring (bicyclic) bond motifs is 1. The highest BCUT2D eigenvalue weighted by atomic mass is 16.5. The molecule has 3 aromatic rings. The Morgan fingerprint density at radius 3 is 2.65 bits per heavy atom. The highest BCUT2D eigenvalue weighted by Crippen LogP contribution is 2.26. The van der Waals surface area contributed by atoms with E-state index >= 15 is 0 Å². The third-order valence-corrected chi connectivity index (χ3v) is 5.74. The van der Waals surface area contributed by atoms with Crippen molar-refractivity contribution < 1.29 is 19.1 Å². The maximum Gasteiger partial charge on any atom is 0.339 e. The highest BCUT2D eigenvalue weighted by molar-refractivity contribution is 6.04. The molecule has 1 fully saturated rings. The lowest BCUT2D eigenvalue weighted by molar-refractivity contribution is -0.119. The zero-order chi connectivity index (χ0) is 24.4. The van der Waals surface area contributed by atoms with Crippen LogP contribution in [0, 0.1) is 0 Å². The van der Waals surface area contributed by atoms with Gasteiger partial charge in [-0.3, -0.25) is 9.59 Å². The van der Waals surface area contributed by atoms with Gasteiger partial charge in [0.05, 0.1) is 17.1 Å². The van der Waals surface area contributed by atoms with E-state index in [4.69, 9.17) is 4.74 Å². The molecule has 0 atom stereocenters. The first-order chi connectivity index (χ1) is 16.2. The van der Waals surface area contributed by atoms with Gasteiger partial charge in [-0.05, 0) is 50.5 Å². The van der Waals surface area contributed by atoms with Crippen LogP contribution >= 0.6 is 0 Å². The molecule has 0 unspecified atom stereocenters. The first-order valence-corrected chi connectivity index (χ1v) is 11.5. The van der Waals surface area contributed by atoms with Crippen molar-refractivity contribution in [2.24, 2.45) is 0 Å². The molecular weight excluding hydrogens is 434 g/mol. The SMILES string of the molecule is CC(C)c1cc(C(=O)OCC(=O)Nc2cccc(N3CCCC3=O)c2)c2cnn(C(C)C)c2n1. The quantitative estimate of drug-likeness (QED) is 0.530. The average Bonchev–Trinajstić information content (AvgIpc) is 3.43. The molecule has 178 valence electrons. The molecule has 4 rings (SSSR count). The summed E-state index contributed by atoms with van der Waals surface area (Å²) in [6.07, 6.45) is 2.96. The van der Waals surface area contributed by atoms with Crippen LogP contribution < -0.4 is 10.2 Å². The van der Waals surface area contributed by atoms with Crippen molar-refractivity contribution in [1.29, 1.82) is 0 Å². The van der Waals surface area contributed by atoms with Crippen LogP contribution in [0.5, 0.6) is 0 Å². The number of hydrogen-bond acceptors (Lipinski definition) is 6. The molecule has 0 bridgehead atoms. The predicted molar refractivity (Wildman–Crippen MR) is 129 cm³/mol. The number of carbonyl (C=O) groups is 3. The van der Waals surface area contributed by atoms with Gasteiger partial charge < -0.3 is 15.0 Å². The largest absolute Gasteiger partial charge is 0.452 e. The fourth-order valence-electron chi connectivity index (χ4n) is 3.96. The Labute approximate surface area is 198 Å². The number of anilines is 2. The summed E-state index contributed by atoms with van der Waals surface area (Å²) in [4.78, 5) is 43.8. The maximum absolute atomic E-state index is 12.9. The van der Waals surface area contributed by atoms with Crippen molar-refractivity contribution in [2.75, 3.05) is 23.4 Å². The van der Waals surface area contributed by atoms with Gasteiger partial charge in [0.2, 0.25) is 5.91 Å². The number of hydrogen-bond donors (Lipinski definition) is 1. The second-order valence-corrected chi connectivity index (χ2v) is 8.99. The Morgan fingerprint density at radius 2 is 1.97 bits per heavy atom. The first kappa shape index (κ1) is 23.4. The summed E-state index contributed by atoms with van der Waals surface area (Å²) >= 11 is 0. The fourth-order valence-corrected chi connectivity index (χ4v) is 3.96. The van der Waals surface area contributed by atoms with Crippen molar-refractivity contribution in [3.63, 3.8) is 0 Å². The van der Waals surface area contributed by atoms with Gasteiger partial charge in [-0.2, -0.15) is 5.10 Å². The molecule has 1 N–H and O–H groups in total. The van der Waals surface area contributed by atoms with Crippen molar-refractivity contribution in [2.45, 2.75) is 52.5 Å². The summed E-state index contributed by atoms with van der Waals surface area (Å²) in [5.74, 6) is -0.901. The normalized spacial score (nSPS) is 13.8. The van der Waals surface area contributed by atoms with Crippen LogP contribution in [0.15, 0.2) is 36.5 Å². The van der Waals surface area contributed by atoms with Crippen LogP contribution in [0.25, 0.3) is 11.0 Å². The van der Waals surface area contributed by atoms with Crippen LogP contribution in [-0.4, -0.2) is 45.7 Å². The fraction of sp³-hybridized carbons (Fsp3) is 0.400. The van der Waals surface area contributed by atoms with Crippen LogP contribution in [0.3, 0.4) is 0 Å². The zero-order valence-corrected chi connectivity index (χ0v) is 19.9. The number of nitrogens with zero attached hydrogens (tertiary/aromatic N) is 4. The Morgan fingerprint density at radius 1 is 1.18 bits per heavy atom. The molecule has 2 aromatic heterocycles. The number of amides is 2. The topological polar surface area (TPSA) is 106 Å². The second-order valence-electron chi connectivity index (χ2n) is 8.99. The monoisotopic (exact) mass is 463 g/mol. The number of ether oxygens (including phenoxy) is 1. The molecule has 1 saturated heterocycles. The molecule has 1 aromatic carbocycles. The highest BCUT2D eigenvalue weighted by Gasteiger charge is 2.23. The summed E-state index contributed by atoms with van der Waals surface area (Å²) < 4.78 is 7.11. The van der Waals surface area contributed by atoms with Gasteiger partial charge in [0.15, 0.2) is 12.3 Å². The van der Waals surface area contributed by atoms with Crippen LogP contribution in [0.1, 0.15) is 68.5 Å². The molecule has 0 aliphatic carbocycles. The zero-order valence-electron chi connectivity index (χ0n) is 19.9. The predicted octanol–water partition coefficient (Wildman–Crippen LogP) is 4.06. The summed E-state index contributed by atoms with van der Waals surface area (Å²) in [6, 6.07) is 8.85. The van der Waals surface area contributed by atoms with Crippen LogP contribution in [-0.2, 0) is 14.3 Å². The van der Waals surface area contributed by atoms with Crippen molar-refractivity contribution in [3.05, 3.63) is 47.8 Å². The van der Waals surface area contributed by atoms with Crippen LogP contribution in [0.2, 0.25) is 0 Å². The number of carbonyl (C=O) groups excluding carboxylic acids is 3. The van der Waals surface area contributed by atoms with Gasteiger partial charge in [-0.1, -0.05) is 19.9 Å². The molecule has 9 heteroatoms. The summed E-state index contributed by atoms with van der Waals surface area (Å²) in [5.41, 5.74) is 2.97. The molecule has 3 heterocycles. The van der Waals surface area contributed by atoms with Gasteiger partial charge >= 0.3 is 5.97 Å². The van der Waals surface area contributed by atoms with Crippen LogP contribution in [0.4, 0.5) is 11.4 Å². The number of aromatic nitrogens is 3. The molecule has 9 nitrogen and oxygen atoms in total. The molecular formula is C25H29N5O4. The third-order valence-electron chi connectivity index (χ3n) is 5.74. The minimum absolute atomic E-state index is 0.0719. The Hall–Kier alpha value is -3.75. The van der Waals surface area contributed by atoms with E-state index in [2.05, 4.69) is 15.4 Å². The van der Waals surface area contributed by atoms with E-state index in [9.17, 15) is 14.4 Å². The maximum atomic E-state index is 12.9. The molecule has 1 aliphatic heterocycles. The smallest absolute Gasteiger partial charge is 0.339 e. The standard InChI is InChI=1S/C25H29N5O4/c1-15(2)21-12-19(20-13-26-30(16(3)4)24(20)28-21)25(33)34-14-22(31)27-17-7-5-8-18(11-17)29-10-6-9-23(29)32/h5,7-8,11-13,15-16H,6,9-10,14H2,1-4H3,(H,27,31). The number of benzene rings is 1. The van der Waals surface area contributed by atoms with E-state index in [0.29, 0.717) is 35.2 Å². The van der Waals surface area contributed by atoms with E-state index in [1.807, 2.05) is 33.8 Å². The number of esters is 1. The number of nitrogens with one attached hydrogen (secondary N) is 1. The Kier molecular flexibility index (Phi) is 6.63. The Balaban J connectivity index is 1.47. The molecule has 0 saturated carbocycles. The summed E-state index contributed by atoms with van der Waals surface area (Å²) in [7, 11) is 0. The molecule has 1 aliphatic rings. The Bertz CT molecular complexity index is 1250. The third kappa shape index (κ3) is 4.78. The molecule has 0 radical (unpaired) electrons. The molecule has 0 spiro atoms. The minimum Gasteiger partial charge on any atom is -0.452 e. The van der Waals surface area contributed by atoms with E-state index in [1.165, 1.54) is 0 Å². The van der Waals surface area contributed by atoms with E-state index in [0.717, 1.165) is 17.8 Å². The van der Waals surface area contributed by atoms with Gasteiger partial charge in [-0.25, -0.2) is 14.5 Å². The van der Waals surface area contributed by atoms with Gasteiger partial charge in [0, 0.05) is 36.1 Å². The van der Waals surface area contributed by atoms with E-state index in [-0.39, 0.29) is 17.9 Å². The van der Waals surface area contributed by atoms with Gasteiger partial charge in [-0.15, -0.1) is 0 Å². The van der Waals surface area contributed by atoms with Gasteiger partial charge in [0.25, 0.3) is 5.91 Å². The summed E-state index contributed by atoms with van der Waals surface area (Å²) in [6.45, 7) is 8.21. The second kappa shape index (κ2) is 9.62. The van der Waals surface area contributed by atoms with Gasteiger partial charge in [0.1, 0.15) is 0 Å². The number of pyridine rings is 1. The van der Waals surface area contributed by atoms with Crippen molar-refractivity contribution in [1.82, 2.24) is 14.8 Å². The lowest BCUT2D eigenvalue weighted by atomic mass is 10.1. The lowest BCUT2D eigenvalue weighted by Crippen LogP contribution is -2.24. The summed E-state index contributed by atoms with van der Waals surface area (Å²) in [5, 5.41) is 7.69. The van der Waals surface area contributed by atoms with Crippen molar-refractivity contribution in [3.8, 4) is 0 Å². The lowest BCUT2D eigenvalue weighted by Gasteiger charge is -2.16.